The fraction of sp³-hybridized carbons (Fsp3) is 0.318. The second-order valence-electron chi connectivity index (χ2n) is 7.26. The molecule has 0 aromatic heterocycles. The van der Waals surface area contributed by atoms with Gasteiger partial charge in [0.1, 0.15) is 0 Å². The van der Waals surface area contributed by atoms with Crippen LogP contribution in [0.2, 0.25) is 5.04 Å². The maximum Gasteiger partial charge on any atom is 0.335 e. The van der Waals surface area contributed by atoms with Gasteiger partial charge in [0.05, 0.1) is 19.3 Å². The summed E-state index contributed by atoms with van der Waals surface area (Å²) in [6.07, 6.45) is 1.77. The number of benzene rings is 2. The predicted octanol–water partition coefficient (Wildman–Crippen LogP) is 3.68. The van der Waals surface area contributed by atoms with E-state index in [-0.39, 0.29) is 17.6 Å². The molecule has 0 heterocycles. The molecule has 0 spiro atoms. The van der Waals surface area contributed by atoms with Gasteiger partial charge in [-0.2, -0.15) is 0 Å². The van der Waals surface area contributed by atoms with Crippen LogP contribution in [0.3, 0.4) is 0 Å². The maximum atomic E-state index is 12.0. The smallest absolute Gasteiger partial charge is 0.335 e. The first-order valence-corrected chi connectivity index (χ1v) is 10.8. The number of rotatable bonds is 6. The Kier molecular flexibility index (Phi) is 6.56. The van der Waals surface area contributed by atoms with E-state index in [0.29, 0.717) is 5.57 Å². The molecule has 0 saturated carbocycles. The van der Waals surface area contributed by atoms with Crippen LogP contribution in [0.1, 0.15) is 27.7 Å². The van der Waals surface area contributed by atoms with Gasteiger partial charge in [-0.05, 0) is 22.3 Å². The summed E-state index contributed by atoms with van der Waals surface area (Å²) >= 11 is 0. The Balaban J connectivity index is 2.59. The molecular formula is C22H28O3Si. The molecule has 0 unspecified atom stereocenters. The van der Waals surface area contributed by atoms with Crippen LogP contribution in [-0.4, -0.2) is 28.0 Å². The van der Waals surface area contributed by atoms with E-state index in [2.05, 4.69) is 45.0 Å². The molecule has 138 valence electrons. The minimum absolute atomic E-state index is 0.120. The van der Waals surface area contributed by atoms with Crippen molar-refractivity contribution in [2.75, 3.05) is 13.7 Å². The van der Waals surface area contributed by atoms with E-state index in [0.717, 1.165) is 0 Å². The standard InChI is InChI=1S/C22H28O3Si/c1-6-18(21(23)24-5)17-25-26(22(2,3)4,19-13-9-7-10-14-19)20-15-11-8-12-16-20/h6-16H,17H2,1-5H3/b18-6-. The number of allylic oxidation sites excluding steroid dienone is 1. The van der Waals surface area contributed by atoms with Crippen LogP contribution in [0.25, 0.3) is 0 Å². The van der Waals surface area contributed by atoms with Gasteiger partial charge in [0.15, 0.2) is 0 Å². The zero-order chi connectivity index (χ0) is 19.2. The predicted molar refractivity (Wildman–Crippen MR) is 109 cm³/mol. The first kappa shape index (κ1) is 20.1. The molecule has 0 radical (unpaired) electrons. The monoisotopic (exact) mass is 368 g/mol. The quantitative estimate of drug-likeness (QED) is 0.443. The third-order valence-corrected chi connectivity index (χ3v) is 9.64. The highest BCUT2D eigenvalue weighted by Crippen LogP contribution is 2.37. The minimum atomic E-state index is -2.64. The average molecular weight is 369 g/mol. The SMILES string of the molecule is C/C=C(/CO[Si](c1ccccc1)(c1ccccc1)C(C)(C)C)C(=O)OC. The number of hydrogen-bond donors (Lipinski definition) is 0. The number of hydrogen-bond acceptors (Lipinski definition) is 3. The first-order chi connectivity index (χ1) is 12.4. The molecule has 0 aliphatic carbocycles. The van der Waals surface area contributed by atoms with Gasteiger partial charge in [0.2, 0.25) is 0 Å². The van der Waals surface area contributed by atoms with Crippen LogP contribution in [0.5, 0.6) is 0 Å². The third kappa shape index (κ3) is 3.97. The molecule has 0 saturated heterocycles. The second-order valence-corrected chi connectivity index (χ2v) is 11.6. The van der Waals surface area contributed by atoms with Crippen molar-refractivity contribution in [1.82, 2.24) is 0 Å². The molecule has 0 aliphatic heterocycles. The van der Waals surface area contributed by atoms with Crippen molar-refractivity contribution in [3.8, 4) is 0 Å². The first-order valence-electron chi connectivity index (χ1n) is 8.85. The summed E-state index contributed by atoms with van der Waals surface area (Å²) in [5.41, 5.74) is 0.542. The summed E-state index contributed by atoms with van der Waals surface area (Å²) in [5, 5.41) is 2.27. The fourth-order valence-electron chi connectivity index (χ4n) is 3.34. The van der Waals surface area contributed by atoms with Gasteiger partial charge < -0.3 is 9.16 Å². The Bertz CT molecular complexity index is 706. The zero-order valence-electron chi connectivity index (χ0n) is 16.3. The summed E-state index contributed by atoms with van der Waals surface area (Å²) in [6, 6.07) is 20.8. The Morgan fingerprint density at radius 2 is 1.42 bits per heavy atom. The van der Waals surface area contributed by atoms with Gasteiger partial charge in [-0.25, -0.2) is 4.79 Å². The molecule has 0 atom stereocenters. The Hall–Kier alpha value is -2.17. The lowest BCUT2D eigenvalue weighted by atomic mass is 10.2. The lowest BCUT2D eigenvalue weighted by molar-refractivity contribution is -0.136. The van der Waals surface area contributed by atoms with Gasteiger partial charge in [-0.1, -0.05) is 87.5 Å². The molecule has 2 aromatic rings. The lowest BCUT2D eigenvalue weighted by Crippen LogP contribution is -2.66. The Morgan fingerprint density at radius 1 is 0.962 bits per heavy atom. The van der Waals surface area contributed by atoms with Gasteiger partial charge >= 0.3 is 5.97 Å². The highest BCUT2D eigenvalue weighted by atomic mass is 28.4. The van der Waals surface area contributed by atoms with E-state index in [1.165, 1.54) is 17.5 Å². The van der Waals surface area contributed by atoms with E-state index in [1.54, 1.807) is 6.08 Å². The van der Waals surface area contributed by atoms with Crippen LogP contribution in [0.15, 0.2) is 72.3 Å². The van der Waals surface area contributed by atoms with E-state index >= 15 is 0 Å². The highest BCUT2D eigenvalue weighted by molar-refractivity contribution is 6.99. The minimum Gasteiger partial charge on any atom is -0.466 e. The summed E-state index contributed by atoms with van der Waals surface area (Å²) in [5.74, 6) is -0.342. The topological polar surface area (TPSA) is 35.5 Å². The molecule has 0 N–H and O–H groups in total. The van der Waals surface area contributed by atoms with Crippen LogP contribution in [0, 0.1) is 0 Å². The van der Waals surface area contributed by atoms with Crippen molar-refractivity contribution in [3.63, 3.8) is 0 Å². The number of esters is 1. The zero-order valence-corrected chi connectivity index (χ0v) is 17.3. The van der Waals surface area contributed by atoms with Gasteiger partial charge in [-0.3, -0.25) is 0 Å². The van der Waals surface area contributed by atoms with E-state index < -0.39 is 8.32 Å². The van der Waals surface area contributed by atoms with Gasteiger partial charge in [0, 0.05) is 0 Å². The van der Waals surface area contributed by atoms with Gasteiger partial charge in [-0.15, -0.1) is 0 Å². The number of ether oxygens (including phenoxy) is 1. The van der Waals surface area contributed by atoms with Crippen LogP contribution in [0.4, 0.5) is 0 Å². The molecule has 0 bridgehead atoms. The van der Waals surface area contributed by atoms with Crippen molar-refractivity contribution in [3.05, 3.63) is 72.3 Å². The third-order valence-electron chi connectivity index (χ3n) is 4.66. The molecule has 0 fully saturated rings. The average Bonchev–Trinajstić information content (AvgIpc) is 2.65. The normalized spacial score (nSPS) is 12.7. The molecule has 4 heteroatoms. The highest BCUT2D eigenvalue weighted by Gasteiger charge is 2.50. The summed E-state index contributed by atoms with van der Waals surface area (Å²) in [7, 11) is -1.24. The molecular weight excluding hydrogens is 340 g/mol. The molecule has 3 nitrogen and oxygen atoms in total. The van der Waals surface area contributed by atoms with Gasteiger partial charge in [0.25, 0.3) is 8.32 Å². The maximum absolute atomic E-state index is 12.0. The number of methoxy groups -OCH3 is 1. The summed E-state index contributed by atoms with van der Waals surface area (Å²) in [4.78, 5) is 12.0. The molecule has 0 aliphatic rings. The van der Waals surface area contributed by atoms with E-state index in [9.17, 15) is 4.79 Å². The summed E-state index contributed by atoms with van der Waals surface area (Å²) < 4.78 is 11.6. The number of carbonyl (C=O) groups is 1. The van der Waals surface area contributed by atoms with E-state index in [1.807, 2.05) is 43.3 Å². The Morgan fingerprint density at radius 3 is 1.77 bits per heavy atom. The number of carbonyl (C=O) groups excluding carboxylic acids is 1. The van der Waals surface area contributed by atoms with Crippen molar-refractivity contribution in [2.45, 2.75) is 32.7 Å². The molecule has 0 amide bonds. The van der Waals surface area contributed by atoms with Crippen molar-refractivity contribution in [2.24, 2.45) is 0 Å². The Labute approximate surface area is 157 Å². The van der Waals surface area contributed by atoms with Crippen molar-refractivity contribution >= 4 is 24.7 Å². The van der Waals surface area contributed by atoms with Crippen LogP contribution in [-0.2, 0) is 14.0 Å². The van der Waals surface area contributed by atoms with Crippen LogP contribution >= 0.6 is 0 Å². The lowest BCUT2D eigenvalue weighted by Gasteiger charge is -2.43. The van der Waals surface area contributed by atoms with Crippen LogP contribution < -0.4 is 10.4 Å². The second kappa shape index (κ2) is 8.47. The van der Waals surface area contributed by atoms with Crippen molar-refractivity contribution in [1.29, 1.82) is 0 Å². The fourth-order valence-corrected chi connectivity index (χ4v) is 7.87. The molecule has 26 heavy (non-hydrogen) atoms. The largest absolute Gasteiger partial charge is 0.466 e. The van der Waals surface area contributed by atoms with Crippen molar-refractivity contribution < 1.29 is 14.0 Å². The molecule has 2 rings (SSSR count). The molecule has 2 aromatic carbocycles. The summed E-state index contributed by atoms with van der Waals surface area (Å²) in [6.45, 7) is 8.71. The van der Waals surface area contributed by atoms with E-state index in [4.69, 9.17) is 9.16 Å².